The largest absolute Gasteiger partial charge is 0.392 e. The maximum Gasteiger partial charge on any atom is 0.0612 e. The van der Waals surface area contributed by atoms with Gasteiger partial charge in [0, 0.05) is 0 Å². The Kier molecular flexibility index (Phi) is 10.1. The van der Waals surface area contributed by atoms with Gasteiger partial charge in [0.15, 0.2) is 0 Å². The van der Waals surface area contributed by atoms with Crippen molar-refractivity contribution in [1.82, 2.24) is 0 Å². The molecule has 0 amide bonds. The molecule has 19 heavy (non-hydrogen) atoms. The second kappa shape index (κ2) is 10.8. The Bertz CT molecular complexity index is 323. The molecule has 0 atom stereocenters. The van der Waals surface area contributed by atoms with Crippen LogP contribution in [0.1, 0.15) is 45.6 Å². The van der Waals surface area contributed by atoms with E-state index in [1.54, 1.807) is 6.08 Å². The van der Waals surface area contributed by atoms with Crippen molar-refractivity contribution in [3.63, 3.8) is 0 Å². The number of hydrogen-bond donors (Lipinski definition) is 2. The summed E-state index contributed by atoms with van der Waals surface area (Å²) >= 11 is 0. The summed E-state index contributed by atoms with van der Waals surface area (Å²) in [6, 6.07) is 10.2. The summed E-state index contributed by atoms with van der Waals surface area (Å²) in [5.41, 5.74) is 0.746. The SMILES string of the molecule is CC(C)(O)CCc1ccccc1.CCC/C=C/CO. The number of rotatable bonds is 6. The number of allylic oxidation sites excluding steroid dienone is 1. The zero-order chi connectivity index (χ0) is 14.6. The second-order valence-corrected chi connectivity index (χ2v) is 5.24. The third-order valence-corrected chi connectivity index (χ3v) is 2.60. The molecule has 108 valence electrons. The fourth-order valence-corrected chi connectivity index (χ4v) is 1.45. The Hall–Kier alpha value is -1.12. The molecule has 0 spiro atoms. The Morgan fingerprint density at radius 1 is 1.11 bits per heavy atom. The number of aliphatic hydroxyl groups excluding tert-OH is 1. The van der Waals surface area contributed by atoms with E-state index in [-0.39, 0.29) is 6.61 Å². The molecule has 1 aromatic carbocycles. The zero-order valence-electron chi connectivity index (χ0n) is 12.5. The van der Waals surface area contributed by atoms with Crippen molar-refractivity contribution in [1.29, 1.82) is 0 Å². The minimum absolute atomic E-state index is 0.181. The molecule has 1 rings (SSSR count). The van der Waals surface area contributed by atoms with E-state index < -0.39 is 5.60 Å². The van der Waals surface area contributed by atoms with Crippen LogP contribution in [0.5, 0.6) is 0 Å². The van der Waals surface area contributed by atoms with E-state index in [0.717, 1.165) is 25.7 Å². The summed E-state index contributed by atoms with van der Waals surface area (Å²) in [7, 11) is 0. The molecule has 2 heteroatoms. The van der Waals surface area contributed by atoms with Gasteiger partial charge in [-0.3, -0.25) is 0 Å². The standard InChI is InChI=1S/C11H16O.C6H12O/c1-11(2,12)9-8-10-6-4-3-5-7-10;1-2-3-4-5-6-7/h3-7,12H,8-9H2,1-2H3;4-5,7H,2-3,6H2,1H3/b;5-4+. The number of aryl methyl sites for hydroxylation is 1. The van der Waals surface area contributed by atoms with E-state index in [4.69, 9.17) is 5.11 Å². The van der Waals surface area contributed by atoms with E-state index >= 15 is 0 Å². The van der Waals surface area contributed by atoms with Crippen molar-refractivity contribution in [3.05, 3.63) is 48.0 Å². The molecule has 2 N–H and O–H groups in total. The lowest BCUT2D eigenvalue weighted by Gasteiger charge is -2.16. The maximum absolute atomic E-state index is 9.48. The monoisotopic (exact) mass is 264 g/mol. The van der Waals surface area contributed by atoms with Gasteiger partial charge in [0.1, 0.15) is 0 Å². The molecule has 0 unspecified atom stereocenters. The topological polar surface area (TPSA) is 40.5 Å². The van der Waals surface area contributed by atoms with Gasteiger partial charge in [-0.1, -0.05) is 55.8 Å². The highest BCUT2D eigenvalue weighted by atomic mass is 16.3. The molecular weight excluding hydrogens is 236 g/mol. The van der Waals surface area contributed by atoms with Crippen LogP contribution in [0.2, 0.25) is 0 Å². The predicted octanol–water partition coefficient (Wildman–Crippen LogP) is 3.73. The van der Waals surface area contributed by atoms with E-state index in [2.05, 4.69) is 19.1 Å². The van der Waals surface area contributed by atoms with Gasteiger partial charge >= 0.3 is 0 Å². The predicted molar refractivity (Wildman–Crippen MR) is 82.2 cm³/mol. The average molecular weight is 264 g/mol. The maximum atomic E-state index is 9.48. The van der Waals surface area contributed by atoms with Crippen LogP contribution in [0.25, 0.3) is 0 Å². The van der Waals surface area contributed by atoms with Gasteiger partial charge in [0.25, 0.3) is 0 Å². The highest BCUT2D eigenvalue weighted by molar-refractivity contribution is 5.14. The van der Waals surface area contributed by atoms with Gasteiger partial charge in [0.2, 0.25) is 0 Å². The normalized spacial score (nSPS) is 11.2. The second-order valence-electron chi connectivity index (χ2n) is 5.24. The molecule has 0 aliphatic carbocycles. The van der Waals surface area contributed by atoms with Crippen LogP contribution >= 0.6 is 0 Å². The number of hydrogen-bond acceptors (Lipinski definition) is 2. The van der Waals surface area contributed by atoms with Crippen molar-refractivity contribution < 1.29 is 10.2 Å². The van der Waals surface area contributed by atoms with Gasteiger partial charge in [-0.15, -0.1) is 0 Å². The molecule has 0 aliphatic heterocycles. The van der Waals surface area contributed by atoms with Crippen LogP contribution in [0.4, 0.5) is 0 Å². The summed E-state index contributed by atoms with van der Waals surface area (Å²) in [5, 5.41) is 17.7. The van der Waals surface area contributed by atoms with Gasteiger partial charge in [-0.2, -0.15) is 0 Å². The van der Waals surface area contributed by atoms with E-state index in [1.807, 2.05) is 38.1 Å². The van der Waals surface area contributed by atoms with Crippen molar-refractivity contribution in [2.24, 2.45) is 0 Å². The van der Waals surface area contributed by atoms with Crippen LogP contribution in [0.15, 0.2) is 42.5 Å². The van der Waals surface area contributed by atoms with Crippen molar-refractivity contribution in [2.75, 3.05) is 6.61 Å². The van der Waals surface area contributed by atoms with E-state index in [0.29, 0.717) is 0 Å². The molecule has 0 bridgehead atoms. The first-order valence-corrected chi connectivity index (χ1v) is 7.01. The Morgan fingerprint density at radius 2 is 1.74 bits per heavy atom. The summed E-state index contributed by atoms with van der Waals surface area (Å²) in [5.74, 6) is 0. The highest BCUT2D eigenvalue weighted by Crippen LogP contribution is 2.12. The zero-order valence-corrected chi connectivity index (χ0v) is 12.5. The van der Waals surface area contributed by atoms with Crippen LogP contribution in [-0.4, -0.2) is 22.4 Å². The molecule has 2 nitrogen and oxygen atoms in total. The van der Waals surface area contributed by atoms with Gasteiger partial charge in [0.05, 0.1) is 12.2 Å². The van der Waals surface area contributed by atoms with E-state index in [1.165, 1.54) is 5.56 Å². The molecule has 0 saturated heterocycles. The smallest absolute Gasteiger partial charge is 0.0612 e. The highest BCUT2D eigenvalue weighted by Gasteiger charge is 2.11. The number of unbranched alkanes of at least 4 members (excludes halogenated alkanes) is 1. The third-order valence-electron chi connectivity index (χ3n) is 2.60. The summed E-state index contributed by atoms with van der Waals surface area (Å²) in [6.45, 7) is 5.98. The Labute approximate surface area is 117 Å². The number of benzene rings is 1. The quantitative estimate of drug-likeness (QED) is 0.769. The molecule has 1 aromatic rings. The lowest BCUT2D eigenvalue weighted by Crippen LogP contribution is -2.19. The lowest BCUT2D eigenvalue weighted by molar-refractivity contribution is 0.0714. The molecule has 0 saturated carbocycles. The molecule has 0 aliphatic rings. The molecule has 0 aromatic heterocycles. The first kappa shape index (κ1) is 17.9. The van der Waals surface area contributed by atoms with Gasteiger partial charge < -0.3 is 10.2 Å². The fraction of sp³-hybridized carbons (Fsp3) is 0.529. The molecular formula is C17H28O2. The fourth-order valence-electron chi connectivity index (χ4n) is 1.45. The minimum atomic E-state index is -0.546. The third kappa shape index (κ3) is 13.1. The van der Waals surface area contributed by atoms with Gasteiger partial charge in [-0.25, -0.2) is 0 Å². The molecule has 0 fully saturated rings. The van der Waals surface area contributed by atoms with E-state index in [9.17, 15) is 5.11 Å². The van der Waals surface area contributed by atoms with Crippen molar-refractivity contribution in [3.8, 4) is 0 Å². The summed E-state index contributed by atoms with van der Waals surface area (Å²) in [4.78, 5) is 0. The van der Waals surface area contributed by atoms with Crippen molar-refractivity contribution >= 4 is 0 Å². The average Bonchev–Trinajstić information content (AvgIpc) is 2.38. The van der Waals surface area contributed by atoms with Crippen LogP contribution in [-0.2, 0) is 6.42 Å². The number of aliphatic hydroxyl groups is 2. The van der Waals surface area contributed by atoms with Crippen LogP contribution in [0.3, 0.4) is 0 Å². The first-order valence-electron chi connectivity index (χ1n) is 7.01. The van der Waals surface area contributed by atoms with Crippen molar-refractivity contribution in [2.45, 2.75) is 52.1 Å². The molecule has 0 heterocycles. The Morgan fingerprint density at radius 3 is 2.21 bits per heavy atom. The molecule has 0 radical (unpaired) electrons. The van der Waals surface area contributed by atoms with Crippen LogP contribution in [0, 0.1) is 0 Å². The summed E-state index contributed by atoms with van der Waals surface area (Å²) in [6.07, 6.45) is 7.77. The summed E-state index contributed by atoms with van der Waals surface area (Å²) < 4.78 is 0. The lowest BCUT2D eigenvalue weighted by atomic mass is 9.99. The van der Waals surface area contributed by atoms with Gasteiger partial charge in [-0.05, 0) is 38.7 Å². The Balaban J connectivity index is 0.000000399. The minimum Gasteiger partial charge on any atom is -0.392 e. The van der Waals surface area contributed by atoms with Crippen LogP contribution < -0.4 is 0 Å². The first-order chi connectivity index (χ1) is 8.99.